The van der Waals surface area contributed by atoms with Gasteiger partial charge in [-0.1, -0.05) is 17.7 Å². The zero-order valence-corrected chi connectivity index (χ0v) is 9.40. The molecule has 4 nitrogen and oxygen atoms in total. The van der Waals surface area contributed by atoms with Gasteiger partial charge in [-0.05, 0) is 25.5 Å². The maximum Gasteiger partial charge on any atom is 0.257 e. The fourth-order valence-corrected chi connectivity index (χ4v) is 1.14. The Labute approximate surface area is 95.2 Å². The molecule has 0 aromatic heterocycles. The molecule has 88 valence electrons. The first-order chi connectivity index (χ1) is 7.72. The molecule has 0 bridgehead atoms. The van der Waals surface area contributed by atoms with Gasteiger partial charge >= 0.3 is 0 Å². The molecule has 1 rings (SSSR count). The summed E-state index contributed by atoms with van der Waals surface area (Å²) in [5.74, 6) is 0.511. The van der Waals surface area contributed by atoms with Crippen molar-refractivity contribution in [1.29, 1.82) is 0 Å². The van der Waals surface area contributed by atoms with Crippen molar-refractivity contribution < 1.29 is 14.6 Å². The van der Waals surface area contributed by atoms with Gasteiger partial charge in [0, 0.05) is 13.2 Å². The average molecular weight is 223 g/mol. The Morgan fingerprint density at radius 3 is 2.69 bits per heavy atom. The smallest absolute Gasteiger partial charge is 0.257 e. The maximum atomic E-state index is 11.2. The highest BCUT2D eigenvalue weighted by Crippen LogP contribution is 2.10. The number of hydrogen-bond acceptors (Lipinski definition) is 3. The highest BCUT2D eigenvalue weighted by atomic mass is 16.5. The minimum atomic E-state index is -0.172. The van der Waals surface area contributed by atoms with E-state index in [1.165, 1.54) is 0 Å². The lowest BCUT2D eigenvalue weighted by Gasteiger charge is -2.06. The molecule has 0 aliphatic heterocycles. The lowest BCUT2D eigenvalue weighted by atomic mass is 10.2. The van der Waals surface area contributed by atoms with Gasteiger partial charge in [0.15, 0.2) is 6.61 Å². The monoisotopic (exact) mass is 223 g/mol. The van der Waals surface area contributed by atoms with Gasteiger partial charge in [0.2, 0.25) is 0 Å². The lowest BCUT2D eigenvalue weighted by Crippen LogP contribution is -2.30. The number of hydrogen-bond donors (Lipinski definition) is 2. The minimum Gasteiger partial charge on any atom is -0.484 e. The number of benzene rings is 1. The maximum absolute atomic E-state index is 11.2. The first-order valence-electron chi connectivity index (χ1n) is 5.29. The summed E-state index contributed by atoms with van der Waals surface area (Å²) < 4.78 is 5.28. The zero-order valence-electron chi connectivity index (χ0n) is 9.40. The van der Waals surface area contributed by atoms with E-state index in [0.717, 1.165) is 5.56 Å². The van der Waals surface area contributed by atoms with Crippen LogP contribution < -0.4 is 10.1 Å². The highest BCUT2D eigenvalue weighted by molar-refractivity contribution is 5.77. The molecule has 0 fully saturated rings. The first kappa shape index (κ1) is 12.5. The van der Waals surface area contributed by atoms with E-state index < -0.39 is 0 Å². The van der Waals surface area contributed by atoms with Crippen LogP contribution in [0.15, 0.2) is 24.3 Å². The third-order valence-corrected chi connectivity index (χ3v) is 2.05. The van der Waals surface area contributed by atoms with Crippen LogP contribution in [0.5, 0.6) is 5.75 Å². The van der Waals surface area contributed by atoms with Gasteiger partial charge in [-0.15, -0.1) is 0 Å². The number of carbonyl (C=O) groups is 1. The Hall–Kier alpha value is -1.55. The van der Waals surface area contributed by atoms with E-state index in [0.29, 0.717) is 18.7 Å². The van der Waals surface area contributed by atoms with Crippen LogP contribution in [0.1, 0.15) is 12.0 Å². The summed E-state index contributed by atoms with van der Waals surface area (Å²) in [4.78, 5) is 11.2. The van der Waals surface area contributed by atoms with Crippen LogP contribution in [0.3, 0.4) is 0 Å². The number of nitrogens with one attached hydrogen (secondary N) is 1. The van der Waals surface area contributed by atoms with Crippen LogP contribution in [0, 0.1) is 6.92 Å². The van der Waals surface area contributed by atoms with Crippen molar-refractivity contribution in [1.82, 2.24) is 5.32 Å². The van der Waals surface area contributed by atoms with Crippen molar-refractivity contribution in [2.24, 2.45) is 0 Å². The molecule has 0 spiro atoms. The summed E-state index contributed by atoms with van der Waals surface area (Å²) in [7, 11) is 0. The molecule has 0 aliphatic rings. The molecular weight excluding hydrogens is 206 g/mol. The van der Waals surface area contributed by atoms with Crippen molar-refractivity contribution in [3.05, 3.63) is 29.8 Å². The van der Waals surface area contributed by atoms with Crippen LogP contribution in [0.2, 0.25) is 0 Å². The predicted molar refractivity (Wildman–Crippen MR) is 61.4 cm³/mol. The van der Waals surface area contributed by atoms with Crippen LogP contribution in [0.4, 0.5) is 0 Å². The molecule has 0 heterocycles. The largest absolute Gasteiger partial charge is 0.484 e. The van der Waals surface area contributed by atoms with Crippen molar-refractivity contribution in [2.45, 2.75) is 13.3 Å². The second-order valence-electron chi connectivity index (χ2n) is 3.53. The second-order valence-corrected chi connectivity index (χ2v) is 3.53. The van der Waals surface area contributed by atoms with Gasteiger partial charge in [0.1, 0.15) is 5.75 Å². The van der Waals surface area contributed by atoms with E-state index in [-0.39, 0.29) is 19.1 Å². The number of amides is 1. The Balaban J connectivity index is 2.23. The van der Waals surface area contributed by atoms with E-state index >= 15 is 0 Å². The van der Waals surface area contributed by atoms with Gasteiger partial charge in [0.05, 0.1) is 0 Å². The Kier molecular flexibility index (Phi) is 5.36. The molecular formula is C12H17NO3. The summed E-state index contributed by atoms with van der Waals surface area (Å²) in [6, 6.07) is 7.52. The summed E-state index contributed by atoms with van der Waals surface area (Å²) in [6.07, 6.45) is 0.566. The Morgan fingerprint density at radius 2 is 2.06 bits per heavy atom. The van der Waals surface area contributed by atoms with E-state index in [4.69, 9.17) is 9.84 Å². The molecule has 0 radical (unpaired) electrons. The van der Waals surface area contributed by atoms with Gasteiger partial charge in [-0.3, -0.25) is 4.79 Å². The molecule has 0 unspecified atom stereocenters. The first-order valence-corrected chi connectivity index (χ1v) is 5.29. The predicted octanol–water partition coefficient (Wildman–Crippen LogP) is 0.872. The number of aryl methyl sites for hydroxylation is 1. The van der Waals surface area contributed by atoms with Crippen LogP contribution in [-0.4, -0.2) is 30.8 Å². The summed E-state index contributed by atoms with van der Waals surface area (Å²) in [5.41, 5.74) is 1.15. The molecule has 1 aromatic rings. The standard InChI is InChI=1S/C12H17NO3/c1-10-3-5-11(6-4-10)16-9-12(15)13-7-2-8-14/h3-6,14H,2,7-9H2,1H3,(H,13,15). The van der Waals surface area contributed by atoms with Gasteiger partial charge in [0.25, 0.3) is 5.91 Å². The van der Waals surface area contributed by atoms with E-state index in [1.54, 1.807) is 0 Å². The second kappa shape index (κ2) is 6.85. The molecule has 0 saturated carbocycles. The van der Waals surface area contributed by atoms with E-state index in [2.05, 4.69) is 5.32 Å². The quantitative estimate of drug-likeness (QED) is 0.704. The highest BCUT2D eigenvalue weighted by Gasteiger charge is 2.01. The molecule has 0 saturated heterocycles. The third kappa shape index (κ3) is 4.79. The fraction of sp³-hybridized carbons (Fsp3) is 0.417. The molecule has 1 amide bonds. The molecule has 4 heteroatoms. The van der Waals surface area contributed by atoms with Crippen LogP contribution in [0.25, 0.3) is 0 Å². The topological polar surface area (TPSA) is 58.6 Å². The third-order valence-electron chi connectivity index (χ3n) is 2.05. The van der Waals surface area contributed by atoms with Crippen molar-refractivity contribution in [2.75, 3.05) is 19.8 Å². The van der Waals surface area contributed by atoms with Crippen LogP contribution >= 0.6 is 0 Å². The van der Waals surface area contributed by atoms with Crippen LogP contribution in [-0.2, 0) is 4.79 Å². The molecule has 0 aliphatic carbocycles. The number of aliphatic hydroxyl groups excluding tert-OH is 1. The summed E-state index contributed by atoms with van der Waals surface area (Å²) >= 11 is 0. The normalized spacial score (nSPS) is 9.88. The van der Waals surface area contributed by atoms with Crippen molar-refractivity contribution in [3.63, 3.8) is 0 Å². The summed E-state index contributed by atoms with van der Waals surface area (Å²) in [5, 5.41) is 11.2. The number of carbonyl (C=O) groups excluding carboxylic acids is 1. The van der Waals surface area contributed by atoms with Gasteiger partial charge in [-0.2, -0.15) is 0 Å². The molecule has 16 heavy (non-hydrogen) atoms. The molecule has 1 aromatic carbocycles. The summed E-state index contributed by atoms with van der Waals surface area (Å²) in [6.45, 7) is 2.56. The van der Waals surface area contributed by atoms with E-state index in [1.807, 2.05) is 31.2 Å². The number of aliphatic hydroxyl groups is 1. The van der Waals surface area contributed by atoms with E-state index in [9.17, 15) is 4.79 Å². The lowest BCUT2D eigenvalue weighted by molar-refractivity contribution is -0.123. The molecule has 2 N–H and O–H groups in total. The fourth-order valence-electron chi connectivity index (χ4n) is 1.14. The SMILES string of the molecule is Cc1ccc(OCC(=O)NCCCO)cc1. The number of ether oxygens (including phenoxy) is 1. The number of rotatable bonds is 6. The Morgan fingerprint density at radius 1 is 1.38 bits per heavy atom. The van der Waals surface area contributed by atoms with Crippen molar-refractivity contribution in [3.8, 4) is 5.75 Å². The average Bonchev–Trinajstić information content (AvgIpc) is 2.29. The van der Waals surface area contributed by atoms with Gasteiger partial charge in [-0.25, -0.2) is 0 Å². The molecule has 0 atom stereocenters. The minimum absolute atomic E-state index is 0.00842. The Bertz CT molecular complexity index is 322. The zero-order chi connectivity index (χ0) is 11.8. The van der Waals surface area contributed by atoms with Crippen molar-refractivity contribution >= 4 is 5.91 Å². The van der Waals surface area contributed by atoms with Gasteiger partial charge < -0.3 is 15.2 Å².